The van der Waals surface area contributed by atoms with Crippen LogP contribution in [0, 0.1) is 0 Å². The van der Waals surface area contributed by atoms with Gasteiger partial charge >= 0.3 is 0 Å². The quantitative estimate of drug-likeness (QED) is 0.946. The Morgan fingerprint density at radius 1 is 1.15 bits per heavy atom. The maximum absolute atomic E-state index is 5.93. The highest BCUT2D eigenvalue weighted by atomic mass is 35.5. The summed E-state index contributed by atoms with van der Waals surface area (Å²) in [6.07, 6.45) is 3.28. The fourth-order valence-corrected chi connectivity index (χ4v) is 2.02. The van der Waals surface area contributed by atoms with Crippen molar-refractivity contribution in [1.82, 2.24) is 9.97 Å². The fourth-order valence-electron chi connectivity index (χ4n) is 1.73. The van der Waals surface area contributed by atoms with Gasteiger partial charge in [-0.1, -0.05) is 23.2 Å². The Hall–Kier alpha value is -1.85. The predicted octanol–water partition coefficient (Wildman–Crippen LogP) is 3.19. The second-order valence-corrected chi connectivity index (χ2v) is 4.92. The molecule has 20 heavy (non-hydrogen) atoms. The summed E-state index contributed by atoms with van der Waals surface area (Å²) in [5, 5.41) is 4.04. The maximum atomic E-state index is 5.93. The minimum absolute atomic E-state index is 0.300. The van der Waals surface area contributed by atoms with Gasteiger partial charge in [-0.2, -0.15) is 0 Å². The molecule has 0 fully saturated rings. The summed E-state index contributed by atoms with van der Waals surface area (Å²) in [5.41, 5.74) is 0.825. The van der Waals surface area contributed by atoms with Crippen LogP contribution in [0.2, 0.25) is 10.0 Å². The average molecular weight is 309 g/mol. The monoisotopic (exact) mass is 308 g/mol. The highest BCUT2D eigenvalue weighted by Gasteiger charge is 2.13. The number of aliphatic imine (C=N–C) groups is 1. The van der Waals surface area contributed by atoms with Crippen LogP contribution in [-0.2, 0) is 6.54 Å². The lowest BCUT2D eigenvalue weighted by Gasteiger charge is -2.16. The van der Waals surface area contributed by atoms with Crippen molar-refractivity contribution in [2.45, 2.75) is 6.54 Å². The lowest BCUT2D eigenvalue weighted by atomic mass is 10.3. The first-order chi connectivity index (χ1) is 9.72. The van der Waals surface area contributed by atoms with E-state index in [0.717, 1.165) is 11.5 Å². The second-order valence-electron chi connectivity index (χ2n) is 4.10. The Morgan fingerprint density at radius 2 is 2.00 bits per heavy atom. The van der Waals surface area contributed by atoms with Crippen LogP contribution in [-0.4, -0.2) is 22.4 Å². The van der Waals surface area contributed by atoms with E-state index in [4.69, 9.17) is 27.9 Å². The Bertz CT molecular complexity index is 675. The van der Waals surface area contributed by atoms with Crippen LogP contribution in [0.15, 0.2) is 35.6 Å². The van der Waals surface area contributed by atoms with E-state index < -0.39 is 0 Å². The van der Waals surface area contributed by atoms with E-state index in [9.17, 15) is 0 Å². The van der Waals surface area contributed by atoms with Crippen molar-refractivity contribution in [1.29, 1.82) is 0 Å². The molecule has 1 aliphatic heterocycles. The molecule has 102 valence electrons. The lowest BCUT2D eigenvalue weighted by Crippen LogP contribution is -2.25. The second kappa shape index (κ2) is 5.64. The standard InChI is InChI=1S/C13H10Cl2N4O/c14-9-2-1-8(5-10(9)15)20-7-12-18-6-11-13(19-12)17-4-3-16-11/h1-5H,6-7H2,(H,17,18,19). The third-order valence-electron chi connectivity index (χ3n) is 2.72. The fraction of sp³-hybridized carbons (Fsp3) is 0.154. The van der Waals surface area contributed by atoms with Crippen LogP contribution in [0.4, 0.5) is 5.82 Å². The summed E-state index contributed by atoms with van der Waals surface area (Å²) in [6, 6.07) is 5.11. The van der Waals surface area contributed by atoms with Crippen molar-refractivity contribution in [3.63, 3.8) is 0 Å². The molecule has 2 aromatic rings. The largest absolute Gasteiger partial charge is 0.486 e. The average Bonchev–Trinajstić information content (AvgIpc) is 2.48. The molecule has 0 amide bonds. The first-order valence-electron chi connectivity index (χ1n) is 5.90. The summed E-state index contributed by atoms with van der Waals surface area (Å²) in [6.45, 7) is 0.796. The van der Waals surface area contributed by atoms with Crippen molar-refractivity contribution in [2.75, 3.05) is 11.9 Å². The summed E-state index contributed by atoms with van der Waals surface area (Å²) < 4.78 is 5.61. The third kappa shape index (κ3) is 2.84. The molecule has 1 aliphatic rings. The molecule has 0 bridgehead atoms. The minimum atomic E-state index is 0.300. The van der Waals surface area contributed by atoms with E-state index in [1.165, 1.54) is 0 Å². The zero-order valence-electron chi connectivity index (χ0n) is 10.3. The van der Waals surface area contributed by atoms with Gasteiger partial charge in [0.15, 0.2) is 5.82 Å². The molecule has 7 heteroatoms. The van der Waals surface area contributed by atoms with Crippen molar-refractivity contribution >= 4 is 34.9 Å². The number of nitrogens with one attached hydrogen (secondary N) is 1. The number of nitrogens with zero attached hydrogens (tertiary/aromatic N) is 3. The van der Waals surface area contributed by atoms with Crippen LogP contribution in [0.1, 0.15) is 5.69 Å². The molecular weight excluding hydrogens is 299 g/mol. The van der Waals surface area contributed by atoms with Gasteiger partial charge in [0.1, 0.15) is 23.9 Å². The number of anilines is 1. The molecule has 1 N–H and O–H groups in total. The molecule has 0 saturated heterocycles. The zero-order chi connectivity index (χ0) is 13.9. The van der Waals surface area contributed by atoms with Crippen LogP contribution < -0.4 is 10.1 Å². The van der Waals surface area contributed by atoms with Crippen molar-refractivity contribution in [3.8, 4) is 5.75 Å². The summed E-state index contributed by atoms with van der Waals surface area (Å²) in [7, 11) is 0. The molecule has 0 spiro atoms. The number of ether oxygens (including phenoxy) is 1. The minimum Gasteiger partial charge on any atom is -0.486 e. The first kappa shape index (κ1) is 13.1. The summed E-state index contributed by atoms with van der Waals surface area (Å²) in [5.74, 6) is 2.05. The molecule has 1 aromatic heterocycles. The molecule has 5 nitrogen and oxygen atoms in total. The Labute approximate surface area is 125 Å². The van der Waals surface area contributed by atoms with Gasteiger partial charge in [0.25, 0.3) is 0 Å². The number of hydrogen-bond acceptors (Lipinski definition) is 5. The van der Waals surface area contributed by atoms with Crippen molar-refractivity contribution in [2.24, 2.45) is 4.99 Å². The molecule has 0 saturated carbocycles. The number of aromatic nitrogens is 2. The SMILES string of the molecule is Clc1ccc(OCC2=NCc3nccnc3N2)cc1Cl. The summed E-state index contributed by atoms with van der Waals surface area (Å²) >= 11 is 11.8. The van der Waals surface area contributed by atoms with E-state index in [0.29, 0.717) is 34.8 Å². The van der Waals surface area contributed by atoms with E-state index in [1.54, 1.807) is 30.6 Å². The molecule has 0 aliphatic carbocycles. The smallest absolute Gasteiger partial charge is 0.155 e. The Kier molecular flexibility index (Phi) is 3.71. The molecule has 0 unspecified atom stereocenters. The van der Waals surface area contributed by atoms with Crippen LogP contribution in [0.3, 0.4) is 0 Å². The highest BCUT2D eigenvalue weighted by Crippen LogP contribution is 2.26. The number of hydrogen-bond donors (Lipinski definition) is 1. The number of fused-ring (bicyclic) bond motifs is 1. The third-order valence-corrected chi connectivity index (χ3v) is 3.46. The topological polar surface area (TPSA) is 59.4 Å². The Morgan fingerprint density at radius 3 is 2.85 bits per heavy atom. The number of benzene rings is 1. The zero-order valence-corrected chi connectivity index (χ0v) is 11.8. The van der Waals surface area contributed by atoms with Gasteiger partial charge in [-0.15, -0.1) is 0 Å². The van der Waals surface area contributed by atoms with E-state index >= 15 is 0 Å². The van der Waals surface area contributed by atoms with Gasteiger partial charge in [-0.25, -0.2) is 4.98 Å². The molecule has 2 heterocycles. The molecule has 0 atom stereocenters. The van der Waals surface area contributed by atoms with Gasteiger partial charge in [-0.05, 0) is 12.1 Å². The van der Waals surface area contributed by atoms with Crippen LogP contribution in [0.25, 0.3) is 0 Å². The summed E-state index contributed by atoms with van der Waals surface area (Å²) in [4.78, 5) is 12.7. The van der Waals surface area contributed by atoms with E-state index in [1.807, 2.05) is 0 Å². The number of halogens is 2. The van der Waals surface area contributed by atoms with Gasteiger partial charge in [0.05, 0.1) is 16.6 Å². The van der Waals surface area contributed by atoms with E-state index in [-0.39, 0.29) is 0 Å². The highest BCUT2D eigenvalue weighted by molar-refractivity contribution is 6.42. The predicted molar refractivity (Wildman–Crippen MR) is 78.8 cm³/mol. The van der Waals surface area contributed by atoms with Crippen LogP contribution in [0.5, 0.6) is 5.75 Å². The molecule has 3 rings (SSSR count). The Balaban J connectivity index is 1.65. The van der Waals surface area contributed by atoms with Crippen LogP contribution >= 0.6 is 23.2 Å². The maximum Gasteiger partial charge on any atom is 0.155 e. The van der Waals surface area contributed by atoms with Gasteiger partial charge in [-0.3, -0.25) is 9.98 Å². The van der Waals surface area contributed by atoms with Crippen molar-refractivity contribution < 1.29 is 4.74 Å². The van der Waals surface area contributed by atoms with Gasteiger partial charge < -0.3 is 10.1 Å². The first-order valence-corrected chi connectivity index (χ1v) is 6.66. The van der Waals surface area contributed by atoms with Gasteiger partial charge in [0, 0.05) is 18.5 Å². The lowest BCUT2D eigenvalue weighted by molar-refractivity contribution is 0.375. The molecule has 0 radical (unpaired) electrons. The van der Waals surface area contributed by atoms with E-state index in [2.05, 4.69) is 20.3 Å². The van der Waals surface area contributed by atoms with Gasteiger partial charge in [0.2, 0.25) is 0 Å². The van der Waals surface area contributed by atoms with Crippen molar-refractivity contribution in [3.05, 3.63) is 46.3 Å². The number of rotatable bonds is 3. The number of amidine groups is 1. The normalized spacial score (nSPS) is 13.2. The molecular formula is C13H10Cl2N4O. The molecule has 1 aromatic carbocycles.